The normalized spacial score (nSPS) is 27.9. The average Bonchev–Trinajstić information content (AvgIpc) is 2.15. The zero-order valence-corrected chi connectivity index (χ0v) is 10.6. The second-order valence-corrected chi connectivity index (χ2v) is 6.41. The van der Waals surface area contributed by atoms with Gasteiger partial charge in [-0.3, -0.25) is 4.79 Å². The van der Waals surface area contributed by atoms with Crippen molar-refractivity contribution in [2.45, 2.75) is 38.4 Å². The Labute approximate surface area is 96.8 Å². The molecule has 0 N–H and O–H groups in total. The first-order valence-corrected chi connectivity index (χ1v) is 7.13. The highest BCUT2D eigenvalue weighted by Crippen LogP contribution is 2.31. The molecule has 0 aromatic carbocycles. The fraction of sp³-hybridized carbons (Fsp3) is 0.917. The Balaban J connectivity index is 1.88. The quantitative estimate of drug-likeness (QED) is 0.722. The largest absolute Gasteiger partial charge is 0.341 e. The third-order valence-electron chi connectivity index (χ3n) is 3.60. The molecule has 1 aliphatic heterocycles. The van der Waals surface area contributed by atoms with Crippen molar-refractivity contribution < 1.29 is 4.79 Å². The van der Waals surface area contributed by atoms with E-state index in [0.717, 1.165) is 31.7 Å². The Morgan fingerprint density at radius 1 is 1.40 bits per heavy atom. The Kier molecular flexibility index (Phi) is 3.60. The van der Waals surface area contributed by atoms with Crippen LogP contribution >= 0.6 is 11.8 Å². The van der Waals surface area contributed by atoms with Crippen LogP contribution in [0.25, 0.3) is 0 Å². The van der Waals surface area contributed by atoms with E-state index < -0.39 is 0 Å². The van der Waals surface area contributed by atoms with Gasteiger partial charge in [0.15, 0.2) is 0 Å². The summed E-state index contributed by atoms with van der Waals surface area (Å²) in [5, 5.41) is 0.655. The molecule has 2 rings (SSSR count). The third-order valence-corrected chi connectivity index (χ3v) is 5.14. The smallest absolute Gasteiger partial charge is 0.225 e. The summed E-state index contributed by atoms with van der Waals surface area (Å²) in [6.07, 6.45) is 3.52. The van der Waals surface area contributed by atoms with E-state index >= 15 is 0 Å². The maximum absolute atomic E-state index is 12.1. The van der Waals surface area contributed by atoms with Crippen LogP contribution in [0.3, 0.4) is 0 Å². The first-order valence-electron chi connectivity index (χ1n) is 6.09. The highest BCUT2D eigenvalue weighted by molar-refractivity contribution is 8.00. The second-order valence-electron chi connectivity index (χ2n) is 5.07. The molecular weight excluding hydrogens is 206 g/mol. The highest BCUT2D eigenvalue weighted by atomic mass is 32.2. The van der Waals surface area contributed by atoms with Gasteiger partial charge in [-0.1, -0.05) is 20.3 Å². The Bertz CT molecular complexity index is 238. The van der Waals surface area contributed by atoms with Gasteiger partial charge in [-0.05, 0) is 18.8 Å². The molecule has 1 saturated heterocycles. The Hall–Kier alpha value is -0.180. The zero-order chi connectivity index (χ0) is 10.8. The summed E-state index contributed by atoms with van der Waals surface area (Å²) in [5.74, 6) is 2.63. The van der Waals surface area contributed by atoms with Crippen molar-refractivity contribution in [3.05, 3.63) is 0 Å². The number of hydrogen-bond acceptors (Lipinski definition) is 2. The molecule has 1 unspecified atom stereocenters. The van der Waals surface area contributed by atoms with Crippen LogP contribution in [0.1, 0.15) is 33.1 Å². The summed E-state index contributed by atoms with van der Waals surface area (Å²) in [7, 11) is 0. The van der Waals surface area contributed by atoms with Crippen LogP contribution in [-0.2, 0) is 4.79 Å². The van der Waals surface area contributed by atoms with Gasteiger partial charge in [-0.25, -0.2) is 0 Å². The van der Waals surface area contributed by atoms with Crippen molar-refractivity contribution in [2.75, 3.05) is 18.8 Å². The van der Waals surface area contributed by atoms with Crippen LogP contribution in [0.15, 0.2) is 0 Å². The summed E-state index contributed by atoms with van der Waals surface area (Å²) in [6, 6.07) is 0. The lowest BCUT2D eigenvalue weighted by Crippen LogP contribution is -2.47. The van der Waals surface area contributed by atoms with E-state index in [-0.39, 0.29) is 0 Å². The molecule has 2 nitrogen and oxygen atoms in total. The molecule has 1 aliphatic carbocycles. The molecule has 0 bridgehead atoms. The van der Waals surface area contributed by atoms with Gasteiger partial charge in [0.2, 0.25) is 5.91 Å². The lowest BCUT2D eigenvalue weighted by Gasteiger charge is -2.38. The molecule has 2 aliphatic rings. The molecule has 0 aromatic heterocycles. The van der Waals surface area contributed by atoms with Crippen LogP contribution < -0.4 is 0 Å². The Morgan fingerprint density at radius 3 is 2.67 bits per heavy atom. The molecule has 0 radical (unpaired) electrons. The van der Waals surface area contributed by atoms with E-state index in [1.807, 2.05) is 11.8 Å². The summed E-state index contributed by atoms with van der Waals surface area (Å²) in [6.45, 7) is 6.48. The van der Waals surface area contributed by atoms with Crippen molar-refractivity contribution in [3.63, 3.8) is 0 Å². The summed E-state index contributed by atoms with van der Waals surface area (Å²) < 4.78 is 0. The van der Waals surface area contributed by atoms with E-state index in [1.165, 1.54) is 6.42 Å². The van der Waals surface area contributed by atoms with Crippen molar-refractivity contribution >= 4 is 17.7 Å². The number of carbonyl (C=O) groups is 1. The molecule has 1 saturated carbocycles. The maximum Gasteiger partial charge on any atom is 0.225 e. The van der Waals surface area contributed by atoms with Crippen LogP contribution in [0, 0.1) is 11.8 Å². The lowest BCUT2D eigenvalue weighted by atomic mass is 9.84. The maximum atomic E-state index is 12.1. The molecule has 86 valence electrons. The minimum absolute atomic E-state index is 0.376. The molecule has 3 heteroatoms. The number of nitrogens with zero attached hydrogens (tertiary/aromatic N) is 1. The van der Waals surface area contributed by atoms with Crippen molar-refractivity contribution in [1.82, 2.24) is 4.90 Å². The second kappa shape index (κ2) is 4.77. The molecule has 15 heavy (non-hydrogen) atoms. The van der Waals surface area contributed by atoms with Gasteiger partial charge in [0, 0.05) is 30.0 Å². The van der Waals surface area contributed by atoms with E-state index in [1.54, 1.807) is 0 Å². The third kappa shape index (κ3) is 2.49. The minimum Gasteiger partial charge on any atom is -0.341 e. The van der Waals surface area contributed by atoms with E-state index in [2.05, 4.69) is 18.7 Å². The number of hydrogen-bond donors (Lipinski definition) is 0. The topological polar surface area (TPSA) is 20.3 Å². The molecule has 0 aromatic rings. The molecule has 0 spiro atoms. The number of thioether (sulfide) groups is 1. The monoisotopic (exact) mass is 227 g/mol. The van der Waals surface area contributed by atoms with Crippen molar-refractivity contribution in [1.29, 1.82) is 0 Å². The summed E-state index contributed by atoms with van der Waals surface area (Å²) >= 11 is 2.04. The van der Waals surface area contributed by atoms with E-state index in [4.69, 9.17) is 0 Å². The minimum atomic E-state index is 0.376. The van der Waals surface area contributed by atoms with Crippen LogP contribution in [-0.4, -0.2) is 34.9 Å². The first-order chi connectivity index (χ1) is 7.18. The lowest BCUT2D eigenvalue weighted by molar-refractivity contribution is -0.138. The predicted molar refractivity (Wildman–Crippen MR) is 65.0 cm³/mol. The first kappa shape index (κ1) is 11.3. The van der Waals surface area contributed by atoms with E-state index in [0.29, 0.717) is 23.0 Å². The number of rotatable bonds is 2. The van der Waals surface area contributed by atoms with Crippen molar-refractivity contribution in [2.24, 2.45) is 11.8 Å². The summed E-state index contributed by atoms with van der Waals surface area (Å²) in [5.41, 5.74) is 0. The van der Waals surface area contributed by atoms with Crippen LogP contribution in [0.5, 0.6) is 0 Å². The van der Waals surface area contributed by atoms with Gasteiger partial charge in [-0.2, -0.15) is 11.8 Å². The van der Waals surface area contributed by atoms with Crippen molar-refractivity contribution in [3.8, 4) is 0 Å². The Morgan fingerprint density at radius 2 is 2.13 bits per heavy atom. The van der Waals surface area contributed by atoms with Gasteiger partial charge >= 0.3 is 0 Å². The molecular formula is C12H21NOS. The van der Waals surface area contributed by atoms with Gasteiger partial charge in [0.1, 0.15) is 0 Å². The van der Waals surface area contributed by atoms with Gasteiger partial charge < -0.3 is 4.90 Å². The predicted octanol–water partition coefficient (Wildman–Crippen LogP) is 2.39. The van der Waals surface area contributed by atoms with Gasteiger partial charge in [0.25, 0.3) is 0 Å². The standard InChI is InChI=1S/C12H21NOS/c1-9(2)11-8-13(6-7-15-11)12(14)10-4-3-5-10/h9-11H,3-8H2,1-2H3. The van der Waals surface area contributed by atoms with Gasteiger partial charge in [0.05, 0.1) is 0 Å². The number of amides is 1. The fourth-order valence-corrected chi connectivity index (χ4v) is 3.49. The SMILES string of the molecule is CC(C)C1CN(C(=O)C2CCC2)CCS1. The highest BCUT2D eigenvalue weighted by Gasteiger charge is 2.32. The molecule has 1 heterocycles. The average molecular weight is 227 g/mol. The molecule has 2 fully saturated rings. The number of carbonyl (C=O) groups excluding carboxylic acids is 1. The zero-order valence-electron chi connectivity index (χ0n) is 9.74. The molecule has 1 atom stereocenters. The van der Waals surface area contributed by atoms with Crippen LogP contribution in [0.2, 0.25) is 0 Å². The fourth-order valence-electron chi connectivity index (χ4n) is 2.19. The van der Waals surface area contributed by atoms with E-state index in [9.17, 15) is 4.79 Å². The van der Waals surface area contributed by atoms with Gasteiger partial charge in [-0.15, -0.1) is 0 Å². The van der Waals surface area contributed by atoms with Crippen LogP contribution in [0.4, 0.5) is 0 Å². The summed E-state index contributed by atoms with van der Waals surface area (Å²) in [4.78, 5) is 14.2. The molecule has 1 amide bonds.